The highest BCUT2D eigenvalue weighted by Crippen LogP contribution is 2.23. The van der Waals surface area contributed by atoms with Crippen LogP contribution in [-0.4, -0.2) is 44.9 Å². The maximum atomic E-state index is 12.6. The summed E-state index contributed by atoms with van der Waals surface area (Å²) in [5.41, 5.74) is 3.60. The Hall–Kier alpha value is -3.11. The maximum absolute atomic E-state index is 12.6. The molecule has 1 aliphatic rings. The second-order valence-corrected chi connectivity index (χ2v) is 9.28. The lowest BCUT2D eigenvalue weighted by atomic mass is 10.1. The van der Waals surface area contributed by atoms with E-state index in [4.69, 9.17) is 4.42 Å². The van der Waals surface area contributed by atoms with E-state index in [9.17, 15) is 19.7 Å². The molecule has 1 N–H and O–H groups in total. The third-order valence-corrected chi connectivity index (χ3v) is 6.81. The third-order valence-electron chi connectivity index (χ3n) is 5.87. The number of aryl methyl sites for hydroxylation is 1. The first-order chi connectivity index (χ1) is 15.9. The molecule has 0 unspecified atom stereocenters. The number of oxazole rings is 1. The van der Waals surface area contributed by atoms with Crippen molar-refractivity contribution in [1.29, 1.82) is 0 Å². The van der Waals surface area contributed by atoms with Crippen LogP contribution in [0, 0.1) is 17.0 Å². The number of nitrogens with zero attached hydrogens (tertiary/aromatic N) is 3. The van der Waals surface area contributed by atoms with Gasteiger partial charge >= 0.3 is 5.76 Å². The number of nitro benzene ring substituents is 1. The molecule has 0 bridgehead atoms. The molecule has 2 aromatic carbocycles. The van der Waals surface area contributed by atoms with Crippen LogP contribution in [0.15, 0.2) is 45.6 Å². The zero-order valence-corrected chi connectivity index (χ0v) is 19.2. The summed E-state index contributed by atoms with van der Waals surface area (Å²) in [4.78, 5) is 37.5. The van der Waals surface area contributed by atoms with Gasteiger partial charge in [-0.3, -0.25) is 24.4 Å². The third kappa shape index (κ3) is 5.45. The normalized spacial score (nSPS) is 14.5. The molecule has 0 atom stereocenters. The Morgan fingerprint density at radius 3 is 2.79 bits per heavy atom. The van der Waals surface area contributed by atoms with Crippen LogP contribution in [-0.2, 0) is 17.9 Å². The van der Waals surface area contributed by atoms with Crippen molar-refractivity contribution in [3.05, 3.63) is 68.2 Å². The van der Waals surface area contributed by atoms with Gasteiger partial charge in [0, 0.05) is 55.9 Å². The van der Waals surface area contributed by atoms with E-state index in [1.54, 1.807) is 0 Å². The smallest absolute Gasteiger partial charge is 0.407 e. The predicted octanol–water partition coefficient (Wildman–Crippen LogP) is 3.78. The molecule has 1 aromatic heterocycles. The van der Waals surface area contributed by atoms with Gasteiger partial charge in [0.2, 0.25) is 5.91 Å². The summed E-state index contributed by atoms with van der Waals surface area (Å²) >= 11 is 1.98. The number of anilines is 1. The second kappa shape index (κ2) is 10.2. The second-order valence-electron chi connectivity index (χ2n) is 8.06. The van der Waals surface area contributed by atoms with Gasteiger partial charge in [-0.1, -0.05) is 12.1 Å². The molecule has 9 nitrogen and oxygen atoms in total. The summed E-state index contributed by atoms with van der Waals surface area (Å²) in [7, 11) is 0. The number of aromatic nitrogens is 1. The summed E-state index contributed by atoms with van der Waals surface area (Å²) in [6.45, 7) is 5.35. The quantitative estimate of drug-likeness (QED) is 0.394. The summed E-state index contributed by atoms with van der Waals surface area (Å²) in [5, 5.41) is 13.9. The minimum atomic E-state index is -0.592. The van der Waals surface area contributed by atoms with Gasteiger partial charge in [-0.15, -0.1) is 0 Å². The number of carbonyl (C=O) groups is 1. The number of nitrogens with one attached hydrogen (secondary N) is 1. The van der Waals surface area contributed by atoms with Gasteiger partial charge in [-0.05, 0) is 36.6 Å². The molecule has 4 rings (SSSR count). The number of thioether (sulfide) groups is 1. The van der Waals surface area contributed by atoms with Gasteiger partial charge in [0.25, 0.3) is 5.69 Å². The summed E-state index contributed by atoms with van der Waals surface area (Å²) < 4.78 is 6.53. The van der Waals surface area contributed by atoms with Crippen LogP contribution in [0.4, 0.5) is 11.4 Å². The minimum Gasteiger partial charge on any atom is -0.407 e. The van der Waals surface area contributed by atoms with Crippen molar-refractivity contribution in [2.75, 3.05) is 29.9 Å². The number of benzene rings is 2. The number of rotatable bonds is 8. The average Bonchev–Trinajstić information content (AvgIpc) is 3.11. The summed E-state index contributed by atoms with van der Waals surface area (Å²) in [6.07, 6.45) is 0.667. The van der Waals surface area contributed by atoms with Crippen LogP contribution in [0.5, 0.6) is 0 Å². The lowest BCUT2D eigenvalue weighted by Gasteiger charge is -2.27. The maximum Gasteiger partial charge on any atom is 0.419 e. The molecule has 0 radical (unpaired) electrons. The molecule has 0 spiro atoms. The first-order valence-corrected chi connectivity index (χ1v) is 12.0. The van der Waals surface area contributed by atoms with Gasteiger partial charge in [-0.25, -0.2) is 4.79 Å². The Kier molecular flexibility index (Phi) is 7.14. The number of amides is 1. The molecule has 174 valence electrons. The zero-order chi connectivity index (χ0) is 23.4. The highest BCUT2D eigenvalue weighted by atomic mass is 32.2. The first kappa shape index (κ1) is 23.1. The van der Waals surface area contributed by atoms with Crippen molar-refractivity contribution < 1.29 is 14.1 Å². The van der Waals surface area contributed by atoms with E-state index in [1.165, 1.54) is 28.3 Å². The lowest BCUT2D eigenvalue weighted by molar-refractivity contribution is -0.384. The van der Waals surface area contributed by atoms with Gasteiger partial charge in [0.15, 0.2) is 5.58 Å². The lowest BCUT2D eigenvalue weighted by Crippen LogP contribution is -2.32. The highest BCUT2D eigenvalue weighted by molar-refractivity contribution is 7.99. The zero-order valence-electron chi connectivity index (χ0n) is 18.4. The van der Waals surface area contributed by atoms with Crippen LogP contribution in [0.25, 0.3) is 11.1 Å². The highest BCUT2D eigenvalue weighted by Gasteiger charge is 2.16. The SMILES string of the molecule is Cc1c(CN2CCSCC2)cccc1NC(=O)CCCn1c(=O)oc2cc([N+](=O)[O-])ccc21. The van der Waals surface area contributed by atoms with Crippen molar-refractivity contribution in [3.63, 3.8) is 0 Å². The topological polar surface area (TPSA) is 111 Å². The molecule has 10 heteroatoms. The molecule has 33 heavy (non-hydrogen) atoms. The van der Waals surface area contributed by atoms with Crippen LogP contribution in [0.1, 0.15) is 24.0 Å². The molecule has 1 amide bonds. The fourth-order valence-electron chi connectivity index (χ4n) is 3.98. The summed E-state index contributed by atoms with van der Waals surface area (Å²) in [6, 6.07) is 10.0. The molecule has 0 saturated carbocycles. The number of hydrogen-bond donors (Lipinski definition) is 1. The van der Waals surface area contributed by atoms with E-state index in [0.717, 1.165) is 42.4 Å². The van der Waals surface area contributed by atoms with Crippen molar-refractivity contribution in [1.82, 2.24) is 9.47 Å². The van der Waals surface area contributed by atoms with Crippen LogP contribution < -0.4 is 11.1 Å². The Morgan fingerprint density at radius 2 is 2.03 bits per heavy atom. The average molecular weight is 471 g/mol. The van der Waals surface area contributed by atoms with E-state index >= 15 is 0 Å². The number of nitro groups is 1. The minimum absolute atomic E-state index is 0.124. The van der Waals surface area contributed by atoms with Crippen LogP contribution in [0.3, 0.4) is 0 Å². The largest absolute Gasteiger partial charge is 0.419 e. The van der Waals surface area contributed by atoms with Crippen LogP contribution >= 0.6 is 11.8 Å². The fourth-order valence-corrected chi connectivity index (χ4v) is 4.96. The fraction of sp³-hybridized carbons (Fsp3) is 0.391. The van der Waals surface area contributed by atoms with Crippen molar-refractivity contribution in [2.24, 2.45) is 0 Å². The molecule has 1 fully saturated rings. The van der Waals surface area contributed by atoms with Crippen molar-refractivity contribution >= 4 is 40.1 Å². The van der Waals surface area contributed by atoms with Gasteiger partial charge in [0.05, 0.1) is 16.5 Å². The Labute approximate surface area is 194 Å². The Morgan fingerprint density at radius 1 is 1.24 bits per heavy atom. The van der Waals surface area contributed by atoms with Crippen LogP contribution in [0.2, 0.25) is 0 Å². The molecule has 0 aliphatic carbocycles. The van der Waals surface area contributed by atoms with E-state index < -0.39 is 10.7 Å². The van der Waals surface area contributed by atoms with Gasteiger partial charge in [0.1, 0.15) is 0 Å². The van der Waals surface area contributed by atoms with Crippen molar-refractivity contribution in [2.45, 2.75) is 32.9 Å². The monoisotopic (exact) mass is 470 g/mol. The number of carbonyl (C=O) groups excluding carboxylic acids is 1. The van der Waals surface area contributed by atoms with E-state index in [0.29, 0.717) is 11.9 Å². The number of non-ortho nitro benzene ring substituents is 1. The molecule has 1 saturated heterocycles. The number of hydrogen-bond acceptors (Lipinski definition) is 7. The van der Waals surface area contributed by atoms with Crippen molar-refractivity contribution in [3.8, 4) is 0 Å². The molecule has 1 aliphatic heterocycles. The van der Waals surface area contributed by atoms with Gasteiger partial charge < -0.3 is 9.73 Å². The molecular formula is C23H26N4O5S. The Bertz CT molecular complexity index is 1230. The van der Waals surface area contributed by atoms with E-state index in [-0.39, 0.29) is 30.1 Å². The summed E-state index contributed by atoms with van der Waals surface area (Å²) in [5.74, 6) is 1.59. The Balaban J connectivity index is 1.35. The number of fused-ring (bicyclic) bond motifs is 1. The van der Waals surface area contributed by atoms with E-state index in [2.05, 4.69) is 16.3 Å². The van der Waals surface area contributed by atoms with E-state index in [1.807, 2.05) is 30.8 Å². The van der Waals surface area contributed by atoms with Gasteiger partial charge in [-0.2, -0.15) is 11.8 Å². The molecule has 3 aromatic rings. The standard InChI is InChI=1S/C23H26N4O5S/c1-16-17(15-25-10-12-33-13-11-25)4-2-5-19(16)24-22(28)6-3-9-26-20-8-7-18(27(30)31)14-21(20)32-23(26)29/h2,4-5,7-8,14H,3,6,9-13,15H2,1H3,(H,24,28). The molecular weight excluding hydrogens is 444 g/mol. The first-order valence-electron chi connectivity index (χ1n) is 10.9. The molecule has 2 heterocycles. The predicted molar refractivity (Wildman–Crippen MR) is 129 cm³/mol.